The van der Waals surface area contributed by atoms with Crippen LogP contribution in [0, 0.1) is 12.8 Å². The fraction of sp³-hybridized carbons (Fsp3) is 0.242. The third kappa shape index (κ3) is 4.65. The lowest BCUT2D eigenvalue weighted by Gasteiger charge is -2.33. The molecule has 3 heterocycles. The van der Waals surface area contributed by atoms with Crippen molar-refractivity contribution in [3.05, 3.63) is 107 Å². The zero-order valence-corrected chi connectivity index (χ0v) is 23.6. The van der Waals surface area contributed by atoms with Crippen LogP contribution < -0.4 is 10.9 Å². The van der Waals surface area contributed by atoms with E-state index in [1.165, 1.54) is 0 Å². The standard InChI is InChI=1S/C33H33N5O3/c1-19(2)15-29(32(40)36-35-31(39)27-17-21-16-20(3)13-14-26(21)34-27)38-30(23-10-5-6-11-24(23)33(38)41)25-18-37(4)28-12-8-7-9-22(25)28/h5-14,16-19,29-30,34H,15H2,1-4H3,(H,35,39)(H,36,40). The number of fused-ring (bicyclic) bond motifs is 3. The first kappa shape index (κ1) is 26.4. The molecule has 0 radical (unpaired) electrons. The first-order chi connectivity index (χ1) is 19.7. The minimum Gasteiger partial charge on any atom is -0.350 e. The number of H-pyrrole nitrogens is 1. The summed E-state index contributed by atoms with van der Waals surface area (Å²) in [6.07, 6.45) is 2.47. The highest BCUT2D eigenvalue weighted by Gasteiger charge is 2.45. The highest BCUT2D eigenvalue weighted by molar-refractivity contribution is 6.04. The Morgan fingerprint density at radius 1 is 0.951 bits per heavy atom. The molecule has 0 saturated carbocycles. The van der Waals surface area contributed by atoms with Crippen LogP contribution in [0.15, 0.2) is 79.0 Å². The van der Waals surface area contributed by atoms with Crippen molar-refractivity contribution >= 4 is 39.5 Å². The van der Waals surface area contributed by atoms with Crippen molar-refractivity contribution in [2.24, 2.45) is 13.0 Å². The fourth-order valence-electron chi connectivity index (χ4n) is 6.00. The van der Waals surface area contributed by atoms with E-state index < -0.39 is 23.9 Å². The van der Waals surface area contributed by atoms with Crippen LogP contribution in [0.4, 0.5) is 0 Å². The average molecular weight is 548 g/mol. The molecule has 0 fully saturated rings. The molecule has 8 heteroatoms. The first-order valence-electron chi connectivity index (χ1n) is 13.9. The van der Waals surface area contributed by atoms with Crippen LogP contribution in [0.25, 0.3) is 21.8 Å². The van der Waals surface area contributed by atoms with E-state index in [-0.39, 0.29) is 11.8 Å². The van der Waals surface area contributed by atoms with Crippen molar-refractivity contribution in [3.63, 3.8) is 0 Å². The number of carbonyl (C=O) groups is 3. The Hall–Kier alpha value is -4.85. The number of benzene rings is 3. The number of para-hydroxylation sites is 1. The Kier molecular flexibility index (Phi) is 6.61. The van der Waals surface area contributed by atoms with Crippen molar-refractivity contribution in [3.8, 4) is 0 Å². The van der Waals surface area contributed by atoms with Crippen LogP contribution in [0.3, 0.4) is 0 Å². The van der Waals surface area contributed by atoms with Gasteiger partial charge in [0.25, 0.3) is 17.7 Å². The predicted molar refractivity (Wildman–Crippen MR) is 159 cm³/mol. The summed E-state index contributed by atoms with van der Waals surface area (Å²) >= 11 is 0. The van der Waals surface area contributed by atoms with Gasteiger partial charge in [-0.15, -0.1) is 0 Å². The lowest BCUT2D eigenvalue weighted by Crippen LogP contribution is -2.53. The maximum atomic E-state index is 14.0. The summed E-state index contributed by atoms with van der Waals surface area (Å²) in [6, 6.07) is 22.0. The molecule has 2 unspecified atom stereocenters. The molecule has 5 aromatic rings. The van der Waals surface area contributed by atoms with Crippen LogP contribution in [0.5, 0.6) is 0 Å². The Morgan fingerprint density at radius 3 is 2.51 bits per heavy atom. The summed E-state index contributed by atoms with van der Waals surface area (Å²) in [4.78, 5) is 45.6. The van der Waals surface area contributed by atoms with Gasteiger partial charge >= 0.3 is 0 Å². The van der Waals surface area contributed by atoms with Crippen LogP contribution in [-0.2, 0) is 11.8 Å². The number of hydrogen-bond acceptors (Lipinski definition) is 3. The molecule has 2 atom stereocenters. The Balaban J connectivity index is 1.33. The third-order valence-corrected chi connectivity index (χ3v) is 7.87. The number of carbonyl (C=O) groups excluding carboxylic acids is 3. The van der Waals surface area contributed by atoms with Gasteiger partial charge in [-0.05, 0) is 55.2 Å². The van der Waals surface area contributed by atoms with E-state index >= 15 is 0 Å². The second-order valence-electron chi connectivity index (χ2n) is 11.3. The normalized spacial score (nSPS) is 15.5. The van der Waals surface area contributed by atoms with E-state index in [4.69, 9.17) is 0 Å². The van der Waals surface area contributed by atoms with Crippen LogP contribution in [0.1, 0.15) is 63.8 Å². The SMILES string of the molecule is Cc1ccc2[nH]c(C(=O)NNC(=O)C(CC(C)C)N3C(=O)c4ccccc4C3c3cn(C)c4ccccc34)cc2c1. The summed E-state index contributed by atoms with van der Waals surface area (Å²) in [5.74, 6) is -0.984. The van der Waals surface area contributed by atoms with Gasteiger partial charge in [-0.2, -0.15) is 0 Å². The molecular weight excluding hydrogens is 514 g/mol. The summed E-state index contributed by atoms with van der Waals surface area (Å²) in [5, 5.41) is 1.94. The van der Waals surface area contributed by atoms with E-state index in [9.17, 15) is 14.4 Å². The second-order valence-corrected chi connectivity index (χ2v) is 11.3. The minimum atomic E-state index is -0.815. The zero-order valence-electron chi connectivity index (χ0n) is 23.6. The molecule has 3 aromatic carbocycles. The largest absolute Gasteiger partial charge is 0.350 e. The Morgan fingerprint density at radius 2 is 1.71 bits per heavy atom. The number of rotatable bonds is 6. The van der Waals surface area contributed by atoms with Gasteiger partial charge in [0.2, 0.25) is 0 Å². The first-order valence-corrected chi connectivity index (χ1v) is 13.9. The van der Waals surface area contributed by atoms with Gasteiger partial charge in [-0.1, -0.05) is 61.9 Å². The monoisotopic (exact) mass is 547 g/mol. The van der Waals surface area contributed by atoms with E-state index in [1.54, 1.807) is 11.0 Å². The Labute approximate surface area is 238 Å². The number of aromatic amines is 1. The van der Waals surface area contributed by atoms with Crippen molar-refractivity contribution in [2.75, 3.05) is 0 Å². The second kappa shape index (κ2) is 10.3. The maximum Gasteiger partial charge on any atom is 0.286 e. The van der Waals surface area contributed by atoms with Gasteiger partial charge in [0.15, 0.2) is 0 Å². The molecule has 8 nitrogen and oxygen atoms in total. The maximum absolute atomic E-state index is 14.0. The predicted octanol–water partition coefficient (Wildman–Crippen LogP) is 5.39. The quantitative estimate of drug-likeness (QED) is 0.249. The number of aryl methyl sites for hydroxylation is 2. The molecule has 0 bridgehead atoms. The molecule has 208 valence electrons. The molecule has 41 heavy (non-hydrogen) atoms. The fourth-order valence-corrected chi connectivity index (χ4v) is 6.00. The number of hydrazine groups is 1. The van der Waals surface area contributed by atoms with Crippen molar-refractivity contribution in [1.82, 2.24) is 25.3 Å². The number of hydrogen-bond donors (Lipinski definition) is 3. The summed E-state index contributed by atoms with van der Waals surface area (Å²) in [5.41, 5.74) is 10.9. The average Bonchev–Trinajstić information content (AvgIpc) is 3.62. The summed E-state index contributed by atoms with van der Waals surface area (Å²) in [7, 11) is 1.98. The third-order valence-electron chi connectivity index (χ3n) is 7.87. The molecule has 3 amide bonds. The highest BCUT2D eigenvalue weighted by Crippen LogP contribution is 2.43. The van der Waals surface area contributed by atoms with E-state index in [1.807, 2.05) is 105 Å². The van der Waals surface area contributed by atoms with Crippen LogP contribution in [-0.4, -0.2) is 38.2 Å². The van der Waals surface area contributed by atoms with E-state index in [0.29, 0.717) is 17.7 Å². The number of nitrogens with one attached hydrogen (secondary N) is 3. The van der Waals surface area contributed by atoms with E-state index in [2.05, 4.69) is 15.8 Å². The van der Waals surface area contributed by atoms with E-state index in [0.717, 1.165) is 38.5 Å². The van der Waals surface area contributed by atoms with Crippen LogP contribution >= 0.6 is 0 Å². The smallest absolute Gasteiger partial charge is 0.286 e. The summed E-state index contributed by atoms with van der Waals surface area (Å²) in [6.45, 7) is 6.03. The van der Waals surface area contributed by atoms with Gasteiger partial charge in [-0.25, -0.2) is 0 Å². The molecule has 1 aliphatic rings. The van der Waals surface area contributed by atoms with Crippen molar-refractivity contribution in [2.45, 2.75) is 39.3 Å². The molecule has 1 aliphatic heterocycles. The highest BCUT2D eigenvalue weighted by atomic mass is 16.2. The molecule has 0 spiro atoms. The number of nitrogens with zero attached hydrogens (tertiary/aromatic N) is 2. The zero-order chi connectivity index (χ0) is 28.8. The van der Waals surface area contributed by atoms with Gasteiger partial charge in [0.1, 0.15) is 11.7 Å². The molecule has 2 aromatic heterocycles. The molecule has 0 aliphatic carbocycles. The van der Waals surface area contributed by atoms with Crippen molar-refractivity contribution < 1.29 is 14.4 Å². The van der Waals surface area contributed by atoms with Gasteiger partial charge < -0.3 is 14.5 Å². The summed E-state index contributed by atoms with van der Waals surface area (Å²) < 4.78 is 2.05. The number of amides is 3. The van der Waals surface area contributed by atoms with Gasteiger partial charge in [0, 0.05) is 46.2 Å². The van der Waals surface area contributed by atoms with Gasteiger partial charge in [0.05, 0.1) is 6.04 Å². The van der Waals surface area contributed by atoms with Crippen LogP contribution in [0.2, 0.25) is 0 Å². The molecule has 6 rings (SSSR count). The minimum absolute atomic E-state index is 0.114. The topological polar surface area (TPSA) is 99.2 Å². The Bertz CT molecular complexity index is 1810. The van der Waals surface area contributed by atoms with Gasteiger partial charge in [-0.3, -0.25) is 25.2 Å². The lowest BCUT2D eigenvalue weighted by atomic mass is 9.95. The van der Waals surface area contributed by atoms with Crippen molar-refractivity contribution in [1.29, 1.82) is 0 Å². The molecular formula is C33H33N5O3. The number of aromatic nitrogens is 2. The molecule has 0 saturated heterocycles. The molecule has 3 N–H and O–H groups in total. The lowest BCUT2D eigenvalue weighted by molar-refractivity contribution is -0.127.